The van der Waals surface area contributed by atoms with Gasteiger partial charge in [-0.2, -0.15) is 0 Å². The topological polar surface area (TPSA) is 29.9 Å². The summed E-state index contributed by atoms with van der Waals surface area (Å²) in [5.41, 5.74) is 0. The minimum absolute atomic E-state index is 0.408. The van der Waals surface area contributed by atoms with Crippen LogP contribution in [0, 0.1) is 0 Å². The average molecular weight is 251 g/mol. The first-order chi connectivity index (χ1) is 8.83. The summed E-state index contributed by atoms with van der Waals surface area (Å²) in [4.78, 5) is 4.49. The second-order valence-electron chi connectivity index (χ2n) is 4.97. The van der Waals surface area contributed by atoms with Crippen LogP contribution in [0.4, 0.5) is 0 Å². The lowest BCUT2D eigenvalue weighted by Gasteiger charge is -2.16. The van der Waals surface area contributed by atoms with E-state index in [1.54, 1.807) is 0 Å². The van der Waals surface area contributed by atoms with Gasteiger partial charge in [-0.15, -0.1) is 0 Å². The Kier molecular flexibility index (Phi) is 7.74. The van der Waals surface area contributed by atoms with E-state index in [-0.39, 0.29) is 0 Å². The Morgan fingerprint density at radius 1 is 1.17 bits per heavy atom. The molecule has 0 radical (unpaired) electrons. The molecule has 1 aromatic rings. The third-order valence-electron chi connectivity index (χ3n) is 3.59. The number of nitrogens with one attached hydrogen (secondary N) is 1. The van der Waals surface area contributed by atoms with Crippen LogP contribution in [-0.4, -0.2) is 16.6 Å². The number of aromatic nitrogens is 2. The average Bonchev–Trinajstić information content (AvgIpc) is 2.86. The smallest absolute Gasteiger partial charge is 0.125 e. The van der Waals surface area contributed by atoms with Crippen LogP contribution in [0.1, 0.15) is 70.7 Å². The van der Waals surface area contributed by atoms with E-state index < -0.39 is 0 Å². The molecular weight excluding hydrogens is 222 g/mol. The van der Waals surface area contributed by atoms with Crippen molar-refractivity contribution in [3.8, 4) is 0 Å². The van der Waals surface area contributed by atoms with Gasteiger partial charge in [0.1, 0.15) is 5.82 Å². The molecule has 1 atom stereocenters. The Balaban J connectivity index is 2.29. The van der Waals surface area contributed by atoms with E-state index in [0.29, 0.717) is 6.04 Å². The highest BCUT2D eigenvalue weighted by molar-refractivity contribution is 4.99. The van der Waals surface area contributed by atoms with Gasteiger partial charge in [0.2, 0.25) is 0 Å². The standard InChI is InChI=1S/C15H29N3/c1-4-6-7-8-9-10-11-14(16-3)15-17-12-13-18(15)5-2/h12-14,16H,4-11H2,1-3H3. The molecule has 0 amide bonds. The molecule has 0 spiro atoms. The van der Waals surface area contributed by atoms with Crippen LogP contribution in [-0.2, 0) is 6.54 Å². The molecule has 1 N–H and O–H groups in total. The summed E-state index contributed by atoms with van der Waals surface area (Å²) in [7, 11) is 2.04. The fraction of sp³-hybridized carbons (Fsp3) is 0.800. The number of imidazole rings is 1. The van der Waals surface area contributed by atoms with Crippen molar-refractivity contribution in [2.24, 2.45) is 0 Å². The fourth-order valence-electron chi connectivity index (χ4n) is 2.43. The SMILES string of the molecule is CCCCCCCCC(NC)c1nccn1CC. The van der Waals surface area contributed by atoms with E-state index in [4.69, 9.17) is 0 Å². The van der Waals surface area contributed by atoms with Crippen molar-refractivity contribution in [3.05, 3.63) is 18.2 Å². The summed E-state index contributed by atoms with van der Waals surface area (Å²) in [5, 5.41) is 3.40. The molecule has 0 bridgehead atoms. The molecule has 0 aliphatic heterocycles. The maximum atomic E-state index is 4.49. The molecule has 0 fully saturated rings. The number of hydrogen-bond donors (Lipinski definition) is 1. The lowest BCUT2D eigenvalue weighted by Crippen LogP contribution is -2.20. The Labute approximate surface area is 112 Å². The Morgan fingerprint density at radius 3 is 2.56 bits per heavy atom. The van der Waals surface area contributed by atoms with Gasteiger partial charge in [0.05, 0.1) is 6.04 Å². The van der Waals surface area contributed by atoms with Crippen molar-refractivity contribution in [1.29, 1.82) is 0 Å². The Bertz CT molecular complexity index is 306. The lowest BCUT2D eigenvalue weighted by molar-refractivity contribution is 0.462. The van der Waals surface area contributed by atoms with Crippen molar-refractivity contribution in [2.45, 2.75) is 71.4 Å². The Morgan fingerprint density at radius 2 is 1.89 bits per heavy atom. The highest BCUT2D eigenvalue weighted by Crippen LogP contribution is 2.18. The summed E-state index contributed by atoms with van der Waals surface area (Å²) >= 11 is 0. The van der Waals surface area contributed by atoms with Gasteiger partial charge in [-0.1, -0.05) is 45.4 Å². The van der Waals surface area contributed by atoms with Crippen LogP contribution < -0.4 is 5.32 Å². The quantitative estimate of drug-likeness (QED) is 0.639. The van der Waals surface area contributed by atoms with Crippen LogP contribution in [0.3, 0.4) is 0 Å². The molecule has 3 nitrogen and oxygen atoms in total. The number of rotatable bonds is 10. The third kappa shape index (κ3) is 4.81. The van der Waals surface area contributed by atoms with Crippen LogP contribution >= 0.6 is 0 Å². The molecule has 0 aliphatic rings. The molecule has 1 aromatic heterocycles. The van der Waals surface area contributed by atoms with Gasteiger partial charge in [0, 0.05) is 18.9 Å². The van der Waals surface area contributed by atoms with E-state index in [1.807, 2.05) is 13.2 Å². The zero-order chi connectivity index (χ0) is 13.2. The minimum atomic E-state index is 0.408. The Hall–Kier alpha value is -0.830. The fourth-order valence-corrected chi connectivity index (χ4v) is 2.43. The van der Waals surface area contributed by atoms with Gasteiger partial charge in [-0.25, -0.2) is 4.98 Å². The summed E-state index contributed by atoms with van der Waals surface area (Å²) < 4.78 is 2.23. The van der Waals surface area contributed by atoms with E-state index in [0.717, 1.165) is 6.54 Å². The molecule has 1 rings (SSSR count). The summed E-state index contributed by atoms with van der Waals surface area (Å²) in [6.07, 6.45) is 13.3. The van der Waals surface area contributed by atoms with Crippen LogP contribution in [0.2, 0.25) is 0 Å². The molecule has 0 saturated heterocycles. The maximum Gasteiger partial charge on any atom is 0.125 e. The zero-order valence-electron chi connectivity index (χ0n) is 12.3. The molecule has 104 valence electrons. The molecule has 1 unspecified atom stereocenters. The monoisotopic (exact) mass is 251 g/mol. The maximum absolute atomic E-state index is 4.49. The highest BCUT2D eigenvalue weighted by atomic mass is 15.1. The molecular formula is C15H29N3. The van der Waals surface area contributed by atoms with Gasteiger partial charge >= 0.3 is 0 Å². The first-order valence-corrected chi connectivity index (χ1v) is 7.51. The van der Waals surface area contributed by atoms with Crippen molar-refractivity contribution < 1.29 is 0 Å². The minimum Gasteiger partial charge on any atom is -0.334 e. The second kappa shape index (κ2) is 9.15. The van der Waals surface area contributed by atoms with Crippen LogP contribution in [0.5, 0.6) is 0 Å². The zero-order valence-corrected chi connectivity index (χ0v) is 12.3. The summed E-state index contributed by atoms with van der Waals surface area (Å²) in [6, 6.07) is 0.408. The predicted molar refractivity (Wildman–Crippen MR) is 77.7 cm³/mol. The lowest BCUT2D eigenvalue weighted by atomic mass is 10.1. The molecule has 0 saturated carbocycles. The molecule has 0 aromatic carbocycles. The third-order valence-corrected chi connectivity index (χ3v) is 3.59. The van der Waals surface area contributed by atoms with Crippen LogP contribution in [0.25, 0.3) is 0 Å². The predicted octanol–water partition coefficient (Wildman–Crippen LogP) is 3.91. The number of aryl methyl sites for hydroxylation is 1. The van der Waals surface area contributed by atoms with Crippen molar-refractivity contribution in [3.63, 3.8) is 0 Å². The first kappa shape index (κ1) is 15.2. The van der Waals surface area contributed by atoms with Crippen molar-refractivity contribution >= 4 is 0 Å². The van der Waals surface area contributed by atoms with E-state index >= 15 is 0 Å². The molecule has 3 heteroatoms. The normalized spacial score (nSPS) is 12.8. The molecule has 0 aliphatic carbocycles. The summed E-state index contributed by atoms with van der Waals surface area (Å²) in [6.45, 7) is 5.44. The van der Waals surface area contributed by atoms with Gasteiger partial charge in [0.15, 0.2) is 0 Å². The van der Waals surface area contributed by atoms with E-state index in [1.165, 1.54) is 50.8 Å². The van der Waals surface area contributed by atoms with E-state index in [2.05, 4.69) is 34.9 Å². The van der Waals surface area contributed by atoms with Crippen molar-refractivity contribution in [1.82, 2.24) is 14.9 Å². The molecule has 18 heavy (non-hydrogen) atoms. The summed E-state index contributed by atoms with van der Waals surface area (Å²) in [5.74, 6) is 1.19. The van der Waals surface area contributed by atoms with Crippen molar-refractivity contribution in [2.75, 3.05) is 7.05 Å². The number of hydrogen-bond acceptors (Lipinski definition) is 2. The van der Waals surface area contributed by atoms with Gasteiger partial charge < -0.3 is 9.88 Å². The first-order valence-electron chi connectivity index (χ1n) is 7.51. The van der Waals surface area contributed by atoms with Gasteiger partial charge in [0.25, 0.3) is 0 Å². The number of nitrogens with zero attached hydrogens (tertiary/aromatic N) is 2. The largest absolute Gasteiger partial charge is 0.334 e. The van der Waals surface area contributed by atoms with E-state index in [9.17, 15) is 0 Å². The van der Waals surface area contributed by atoms with Gasteiger partial charge in [-0.3, -0.25) is 0 Å². The second-order valence-corrected chi connectivity index (χ2v) is 4.97. The number of unbranched alkanes of at least 4 members (excludes halogenated alkanes) is 5. The van der Waals surface area contributed by atoms with Gasteiger partial charge in [-0.05, 0) is 20.4 Å². The van der Waals surface area contributed by atoms with Crippen LogP contribution in [0.15, 0.2) is 12.4 Å². The highest BCUT2D eigenvalue weighted by Gasteiger charge is 2.13. The molecule has 1 heterocycles.